The first kappa shape index (κ1) is 14.4. The molecule has 0 fully saturated rings. The number of para-hydroxylation sites is 2. The summed E-state index contributed by atoms with van der Waals surface area (Å²) in [4.78, 5) is 8.65. The molecule has 2 aromatic heterocycles. The lowest BCUT2D eigenvalue weighted by atomic mass is 10.3. The van der Waals surface area contributed by atoms with E-state index < -0.39 is 0 Å². The van der Waals surface area contributed by atoms with Crippen molar-refractivity contribution in [1.82, 2.24) is 4.98 Å². The minimum absolute atomic E-state index is 0.685. The fraction of sp³-hybridized carbons (Fsp3) is 0.0588. The lowest BCUT2D eigenvalue weighted by Crippen LogP contribution is -1.83. The van der Waals surface area contributed by atoms with Crippen LogP contribution in [0.1, 0.15) is 5.76 Å². The molecule has 1 aromatic carbocycles. The number of methoxy groups -OCH3 is 1. The number of nitrogens with zero attached hydrogens (tertiary/aromatic N) is 2. The normalized spacial score (nSPS) is 11.0. The number of hydrogen-bond acceptors (Lipinski definition) is 5. The van der Waals surface area contributed by atoms with Crippen LogP contribution in [0.25, 0.3) is 0 Å². The molecule has 0 aliphatic heterocycles. The minimum atomic E-state index is 0.685. The maximum absolute atomic E-state index is 5.72. The fourth-order valence-electron chi connectivity index (χ4n) is 1.84. The molecule has 3 aromatic rings. The standard InChI is InChI=1S/C17H14N2O2S/c1-20-15-7-3-2-6-14(15)19-12-13-9-10-17(21-13)22-16-8-4-5-11-18-16/h2-12H,1H3. The monoisotopic (exact) mass is 310 g/mol. The molecule has 0 amide bonds. The number of rotatable bonds is 5. The topological polar surface area (TPSA) is 47.6 Å². The van der Waals surface area contributed by atoms with E-state index in [0.717, 1.165) is 21.6 Å². The van der Waals surface area contributed by atoms with Crippen molar-refractivity contribution in [2.75, 3.05) is 7.11 Å². The van der Waals surface area contributed by atoms with Crippen LogP contribution in [-0.4, -0.2) is 18.3 Å². The predicted octanol–water partition coefficient (Wildman–Crippen LogP) is 4.59. The molecular weight excluding hydrogens is 296 g/mol. The van der Waals surface area contributed by atoms with E-state index in [1.807, 2.05) is 54.6 Å². The summed E-state index contributed by atoms with van der Waals surface area (Å²) in [6.07, 6.45) is 3.44. The van der Waals surface area contributed by atoms with Crippen molar-refractivity contribution in [2.24, 2.45) is 4.99 Å². The van der Waals surface area contributed by atoms with Crippen LogP contribution in [0.15, 0.2) is 80.3 Å². The number of pyridine rings is 1. The van der Waals surface area contributed by atoms with E-state index in [-0.39, 0.29) is 0 Å². The third kappa shape index (κ3) is 3.56. The van der Waals surface area contributed by atoms with E-state index >= 15 is 0 Å². The molecule has 0 N–H and O–H groups in total. The summed E-state index contributed by atoms with van der Waals surface area (Å²) in [5.74, 6) is 1.41. The largest absolute Gasteiger partial charge is 0.494 e. The van der Waals surface area contributed by atoms with E-state index in [9.17, 15) is 0 Å². The molecule has 0 unspecified atom stereocenters. The van der Waals surface area contributed by atoms with Crippen molar-refractivity contribution < 1.29 is 9.15 Å². The maximum atomic E-state index is 5.72. The van der Waals surface area contributed by atoms with Gasteiger partial charge < -0.3 is 9.15 Å². The van der Waals surface area contributed by atoms with Gasteiger partial charge in [-0.2, -0.15) is 0 Å². The Kier molecular flexibility index (Phi) is 4.56. The molecule has 5 heteroatoms. The second-order valence-electron chi connectivity index (χ2n) is 4.36. The Bertz CT molecular complexity index is 769. The van der Waals surface area contributed by atoms with E-state index in [1.54, 1.807) is 19.5 Å². The Morgan fingerprint density at radius 3 is 2.77 bits per heavy atom. The highest BCUT2D eigenvalue weighted by Crippen LogP contribution is 2.28. The van der Waals surface area contributed by atoms with Gasteiger partial charge in [0, 0.05) is 6.20 Å². The van der Waals surface area contributed by atoms with Gasteiger partial charge in [-0.25, -0.2) is 9.98 Å². The van der Waals surface area contributed by atoms with E-state index in [1.165, 1.54) is 11.8 Å². The highest BCUT2D eigenvalue weighted by Gasteiger charge is 2.04. The molecule has 0 saturated carbocycles. The summed E-state index contributed by atoms with van der Waals surface area (Å²) < 4.78 is 11.0. The van der Waals surface area contributed by atoms with Crippen LogP contribution in [0.3, 0.4) is 0 Å². The molecule has 110 valence electrons. The van der Waals surface area contributed by atoms with Crippen LogP contribution in [0, 0.1) is 0 Å². The van der Waals surface area contributed by atoms with Crippen LogP contribution in [-0.2, 0) is 0 Å². The lowest BCUT2D eigenvalue weighted by Gasteiger charge is -2.01. The second kappa shape index (κ2) is 6.95. The van der Waals surface area contributed by atoms with Gasteiger partial charge in [-0.1, -0.05) is 18.2 Å². The van der Waals surface area contributed by atoms with Gasteiger partial charge in [0.1, 0.15) is 22.2 Å². The minimum Gasteiger partial charge on any atom is -0.494 e. The Hall–Kier alpha value is -2.53. The number of furan rings is 1. The van der Waals surface area contributed by atoms with Crippen LogP contribution >= 0.6 is 11.8 Å². The summed E-state index contributed by atoms with van der Waals surface area (Å²) in [6, 6.07) is 17.1. The van der Waals surface area contributed by atoms with Crippen molar-refractivity contribution in [1.29, 1.82) is 0 Å². The van der Waals surface area contributed by atoms with Gasteiger partial charge in [0.05, 0.1) is 13.3 Å². The average molecular weight is 310 g/mol. The Morgan fingerprint density at radius 2 is 1.95 bits per heavy atom. The maximum Gasteiger partial charge on any atom is 0.167 e. The van der Waals surface area contributed by atoms with E-state index in [4.69, 9.17) is 9.15 Å². The van der Waals surface area contributed by atoms with E-state index in [2.05, 4.69) is 9.98 Å². The van der Waals surface area contributed by atoms with Crippen LogP contribution in [0.2, 0.25) is 0 Å². The van der Waals surface area contributed by atoms with Gasteiger partial charge >= 0.3 is 0 Å². The van der Waals surface area contributed by atoms with Crippen LogP contribution in [0.5, 0.6) is 5.75 Å². The molecule has 0 spiro atoms. The Balaban J connectivity index is 1.73. The number of hydrogen-bond donors (Lipinski definition) is 0. The smallest absolute Gasteiger partial charge is 0.167 e. The Labute approximate surface area is 132 Å². The van der Waals surface area contributed by atoms with Gasteiger partial charge in [0.2, 0.25) is 0 Å². The van der Waals surface area contributed by atoms with Crippen molar-refractivity contribution >= 4 is 23.7 Å². The number of benzene rings is 1. The van der Waals surface area contributed by atoms with Crippen LogP contribution < -0.4 is 4.74 Å². The summed E-state index contributed by atoms with van der Waals surface area (Å²) in [5.41, 5.74) is 0.764. The van der Waals surface area contributed by atoms with Gasteiger partial charge in [-0.15, -0.1) is 0 Å². The van der Waals surface area contributed by atoms with Crippen molar-refractivity contribution in [2.45, 2.75) is 10.1 Å². The van der Waals surface area contributed by atoms with Crippen LogP contribution in [0.4, 0.5) is 5.69 Å². The number of ether oxygens (including phenoxy) is 1. The number of aliphatic imine (C=N–C) groups is 1. The highest BCUT2D eigenvalue weighted by molar-refractivity contribution is 7.99. The van der Waals surface area contributed by atoms with Gasteiger partial charge in [0.25, 0.3) is 0 Å². The zero-order valence-corrected chi connectivity index (χ0v) is 12.8. The first-order chi connectivity index (χ1) is 10.8. The molecule has 0 bridgehead atoms. The molecule has 0 aliphatic rings. The first-order valence-corrected chi connectivity index (χ1v) is 7.52. The zero-order valence-electron chi connectivity index (χ0n) is 12.0. The molecule has 0 saturated heterocycles. The molecule has 22 heavy (non-hydrogen) atoms. The van der Waals surface area contributed by atoms with Crippen molar-refractivity contribution in [3.63, 3.8) is 0 Å². The molecular formula is C17H14N2O2S. The predicted molar refractivity (Wildman–Crippen MR) is 87.3 cm³/mol. The highest BCUT2D eigenvalue weighted by atomic mass is 32.2. The third-order valence-electron chi connectivity index (χ3n) is 2.86. The summed E-state index contributed by atoms with van der Waals surface area (Å²) in [5, 5.41) is 1.67. The molecule has 0 radical (unpaired) electrons. The zero-order chi connectivity index (χ0) is 15.2. The van der Waals surface area contributed by atoms with Gasteiger partial charge in [0.15, 0.2) is 5.09 Å². The third-order valence-corrected chi connectivity index (χ3v) is 3.73. The molecule has 2 heterocycles. The summed E-state index contributed by atoms with van der Waals surface area (Å²) >= 11 is 1.47. The van der Waals surface area contributed by atoms with E-state index in [0.29, 0.717) is 5.76 Å². The van der Waals surface area contributed by atoms with Gasteiger partial charge in [-0.3, -0.25) is 0 Å². The summed E-state index contributed by atoms with van der Waals surface area (Å²) in [6.45, 7) is 0. The van der Waals surface area contributed by atoms with Gasteiger partial charge in [-0.05, 0) is 48.2 Å². The van der Waals surface area contributed by atoms with Crippen molar-refractivity contribution in [3.8, 4) is 5.75 Å². The molecule has 4 nitrogen and oxygen atoms in total. The SMILES string of the molecule is COc1ccccc1N=Cc1ccc(Sc2ccccn2)o1. The molecule has 0 aliphatic carbocycles. The fourth-order valence-corrected chi connectivity index (χ4v) is 2.58. The molecule has 0 atom stereocenters. The van der Waals surface area contributed by atoms with Crippen molar-refractivity contribution in [3.05, 3.63) is 66.6 Å². The lowest BCUT2D eigenvalue weighted by molar-refractivity contribution is 0.416. The number of aromatic nitrogens is 1. The average Bonchev–Trinajstić information content (AvgIpc) is 3.01. The molecule has 3 rings (SSSR count). The first-order valence-electron chi connectivity index (χ1n) is 6.71. The summed E-state index contributed by atoms with van der Waals surface area (Å²) in [7, 11) is 1.63. The second-order valence-corrected chi connectivity index (χ2v) is 5.38. The quantitative estimate of drug-likeness (QED) is 0.647. The Morgan fingerprint density at radius 1 is 1.09 bits per heavy atom.